The zero-order valence-corrected chi connectivity index (χ0v) is 13.1. The van der Waals surface area contributed by atoms with E-state index in [1.54, 1.807) is 28.2 Å². The lowest BCUT2D eigenvalue weighted by molar-refractivity contribution is 0.538. The normalized spacial score (nSPS) is 10.9. The molecule has 0 aliphatic carbocycles. The Kier molecular flexibility index (Phi) is 3.58. The molecule has 102 valence electrons. The predicted octanol–water partition coefficient (Wildman–Crippen LogP) is 3.68. The third-order valence-corrected chi connectivity index (χ3v) is 4.22. The lowest BCUT2D eigenvalue weighted by atomic mass is 10.3. The summed E-state index contributed by atoms with van der Waals surface area (Å²) in [6.07, 6.45) is 1.75. The van der Waals surface area contributed by atoms with Crippen LogP contribution in [0.15, 0.2) is 49.5 Å². The highest BCUT2D eigenvalue weighted by molar-refractivity contribution is 9.10. The van der Waals surface area contributed by atoms with Gasteiger partial charge in [0.05, 0.1) is 11.4 Å². The van der Waals surface area contributed by atoms with E-state index in [2.05, 4.69) is 20.9 Å². The van der Waals surface area contributed by atoms with Gasteiger partial charge in [0.25, 0.3) is 5.56 Å². The van der Waals surface area contributed by atoms with E-state index >= 15 is 0 Å². The average molecular weight is 351 g/mol. The van der Waals surface area contributed by atoms with E-state index in [1.165, 1.54) is 6.07 Å². The van der Waals surface area contributed by atoms with E-state index in [1.807, 2.05) is 24.4 Å². The van der Waals surface area contributed by atoms with E-state index in [0.29, 0.717) is 12.4 Å². The fraction of sp³-hybridized carbons (Fsp3) is 0.143. The summed E-state index contributed by atoms with van der Waals surface area (Å²) in [5.41, 5.74) is 0.710. The van der Waals surface area contributed by atoms with E-state index in [0.717, 1.165) is 20.8 Å². The van der Waals surface area contributed by atoms with E-state index < -0.39 is 0 Å². The first-order valence-corrected chi connectivity index (χ1v) is 7.67. The van der Waals surface area contributed by atoms with Crippen LogP contribution in [0.25, 0.3) is 10.8 Å². The number of pyridine rings is 1. The number of hydrogen-bond acceptors (Lipinski definition) is 4. The predicted molar refractivity (Wildman–Crippen MR) is 82.1 cm³/mol. The van der Waals surface area contributed by atoms with Crippen LogP contribution in [0.4, 0.5) is 0 Å². The van der Waals surface area contributed by atoms with Gasteiger partial charge >= 0.3 is 0 Å². The van der Waals surface area contributed by atoms with Crippen LogP contribution in [0.1, 0.15) is 11.5 Å². The van der Waals surface area contributed by atoms with Crippen LogP contribution in [0, 0.1) is 6.92 Å². The molecule has 0 radical (unpaired) electrons. The highest BCUT2D eigenvalue weighted by atomic mass is 79.9. The van der Waals surface area contributed by atoms with E-state index in [4.69, 9.17) is 4.42 Å². The number of rotatable bonds is 3. The van der Waals surface area contributed by atoms with E-state index in [9.17, 15) is 4.79 Å². The van der Waals surface area contributed by atoms with Crippen molar-refractivity contribution in [2.75, 3.05) is 0 Å². The number of hydrogen-bond donors (Lipinski definition) is 0. The van der Waals surface area contributed by atoms with Crippen molar-refractivity contribution in [1.29, 1.82) is 0 Å². The Morgan fingerprint density at radius 1 is 1.40 bits per heavy atom. The molecule has 6 heteroatoms. The molecule has 0 unspecified atom stereocenters. The van der Waals surface area contributed by atoms with Gasteiger partial charge in [0.1, 0.15) is 11.5 Å². The standard InChI is InChI=1S/C14H11BrN2O2S/c1-9-11(8-17-7-10(15)4-5-13(17)18)16-14(19-9)12-3-2-6-20-12/h2-7H,8H2,1H3. The summed E-state index contributed by atoms with van der Waals surface area (Å²) in [7, 11) is 0. The number of nitrogens with zero attached hydrogens (tertiary/aromatic N) is 2. The van der Waals surface area contributed by atoms with E-state index in [-0.39, 0.29) is 5.56 Å². The summed E-state index contributed by atoms with van der Waals surface area (Å²) in [6, 6.07) is 7.17. The second-order valence-electron chi connectivity index (χ2n) is 4.31. The van der Waals surface area contributed by atoms with Crippen LogP contribution < -0.4 is 5.56 Å². The van der Waals surface area contributed by atoms with Crippen molar-refractivity contribution in [3.8, 4) is 10.8 Å². The number of aromatic nitrogens is 2. The maximum atomic E-state index is 11.8. The molecule has 20 heavy (non-hydrogen) atoms. The summed E-state index contributed by atoms with van der Waals surface area (Å²) in [6.45, 7) is 2.27. The molecule has 3 aromatic heterocycles. The zero-order valence-electron chi connectivity index (χ0n) is 10.7. The number of aryl methyl sites for hydroxylation is 1. The van der Waals surface area contributed by atoms with Crippen molar-refractivity contribution in [3.05, 3.63) is 62.1 Å². The van der Waals surface area contributed by atoms with Crippen LogP contribution in [-0.2, 0) is 6.54 Å². The van der Waals surface area contributed by atoms with Gasteiger partial charge in [0.2, 0.25) is 5.89 Å². The molecule has 3 heterocycles. The highest BCUT2D eigenvalue weighted by Crippen LogP contribution is 2.26. The second kappa shape index (κ2) is 5.38. The zero-order chi connectivity index (χ0) is 14.1. The summed E-state index contributed by atoms with van der Waals surface area (Å²) < 4.78 is 8.14. The fourth-order valence-electron chi connectivity index (χ4n) is 1.87. The lowest BCUT2D eigenvalue weighted by Crippen LogP contribution is -2.19. The van der Waals surface area contributed by atoms with Gasteiger partial charge < -0.3 is 8.98 Å². The lowest BCUT2D eigenvalue weighted by Gasteiger charge is -2.03. The van der Waals surface area contributed by atoms with Crippen LogP contribution in [0.3, 0.4) is 0 Å². The van der Waals surface area contributed by atoms with Crippen LogP contribution in [0.5, 0.6) is 0 Å². The summed E-state index contributed by atoms with van der Waals surface area (Å²) in [4.78, 5) is 17.3. The Morgan fingerprint density at radius 3 is 3.00 bits per heavy atom. The molecule has 0 aliphatic heterocycles. The Bertz CT molecular complexity index is 790. The SMILES string of the molecule is Cc1oc(-c2cccs2)nc1Cn1cc(Br)ccc1=O. The molecule has 0 atom stereocenters. The molecule has 0 amide bonds. The second-order valence-corrected chi connectivity index (χ2v) is 6.18. The average Bonchev–Trinajstić information content (AvgIpc) is 3.04. The molecule has 4 nitrogen and oxygen atoms in total. The summed E-state index contributed by atoms with van der Waals surface area (Å²) in [5, 5.41) is 1.98. The van der Waals surface area contributed by atoms with Gasteiger partial charge in [-0.3, -0.25) is 4.79 Å². The first-order chi connectivity index (χ1) is 9.63. The molecule has 3 rings (SSSR count). The Balaban J connectivity index is 1.95. The minimum Gasteiger partial charge on any atom is -0.440 e. The van der Waals surface area contributed by atoms with Gasteiger partial charge in [-0.2, -0.15) is 0 Å². The molecule has 0 spiro atoms. The van der Waals surface area contributed by atoms with Gasteiger partial charge in [-0.25, -0.2) is 4.98 Å². The van der Waals surface area contributed by atoms with Gasteiger partial charge in [-0.15, -0.1) is 11.3 Å². The van der Waals surface area contributed by atoms with Gasteiger partial charge in [-0.1, -0.05) is 6.07 Å². The summed E-state index contributed by atoms with van der Waals surface area (Å²) in [5.74, 6) is 1.34. The van der Waals surface area contributed by atoms with Crippen molar-refractivity contribution in [2.45, 2.75) is 13.5 Å². The van der Waals surface area contributed by atoms with Crippen molar-refractivity contribution in [3.63, 3.8) is 0 Å². The van der Waals surface area contributed by atoms with Gasteiger partial charge in [0, 0.05) is 16.7 Å². The molecule has 3 aromatic rings. The quantitative estimate of drug-likeness (QED) is 0.723. The Hall–Kier alpha value is -1.66. The molecular weight excluding hydrogens is 340 g/mol. The minimum atomic E-state index is -0.0618. The Morgan fingerprint density at radius 2 is 2.25 bits per heavy atom. The molecule has 0 aromatic carbocycles. The molecule has 0 fully saturated rings. The maximum Gasteiger partial charge on any atom is 0.250 e. The van der Waals surface area contributed by atoms with Crippen LogP contribution >= 0.6 is 27.3 Å². The first-order valence-electron chi connectivity index (χ1n) is 5.99. The van der Waals surface area contributed by atoms with Gasteiger partial charge in [0.15, 0.2) is 0 Å². The molecule has 0 saturated heterocycles. The van der Waals surface area contributed by atoms with Gasteiger partial charge in [-0.05, 0) is 40.4 Å². The van der Waals surface area contributed by atoms with Crippen molar-refractivity contribution in [2.24, 2.45) is 0 Å². The number of oxazole rings is 1. The van der Waals surface area contributed by atoms with Crippen molar-refractivity contribution < 1.29 is 4.42 Å². The molecule has 0 saturated carbocycles. The number of halogens is 1. The van der Waals surface area contributed by atoms with Crippen molar-refractivity contribution in [1.82, 2.24) is 9.55 Å². The third-order valence-electron chi connectivity index (χ3n) is 2.89. The van der Waals surface area contributed by atoms with Crippen LogP contribution in [0.2, 0.25) is 0 Å². The third kappa shape index (κ3) is 2.62. The highest BCUT2D eigenvalue weighted by Gasteiger charge is 2.13. The molecule has 0 aliphatic rings. The van der Waals surface area contributed by atoms with Crippen molar-refractivity contribution >= 4 is 27.3 Å². The molecule has 0 N–H and O–H groups in total. The molecular formula is C14H11BrN2O2S. The topological polar surface area (TPSA) is 48.0 Å². The molecule has 0 bridgehead atoms. The largest absolute Gasteiger partial charge is 0.440 e. The first kappa shape index (κ1) is 13.3. The number of thiophene rings is 1. The maximum absolute atomic E-state index is 11.8. The Labute approximate surface area is 127 Å². The smallest absolute Gasteiger partial charge is 0.250 e. The minimum absolute atomic E-state index is 0.0618. The fourth-order valence-corrected chi connectivity index (χ4v) is 2.90. The van der Waals surface area contributed by atoms with Crippen LogP contribution in [-0.4, -0.2) is 9.55 Å². The monoisotopic (exact) mass is 350 g/mol. The summed E-state index contributed by atoms with van der Waals surface area (Å²) >= 11 is 4.94.